The van der Waals surface area contributed by atoms with Crippen LogP contribution < -0.4 is 10.6 Å². The van der Waals surface area contributed by atoms with Gasteiger partial charge in [-0.25, -0.2) is 9.37 Å². The first-order valence-electron chi connectivity index (χ1n) is 6.07. The molecule has 2 aromatic rings. The summed E-state index contributed by atoms with van der Waals surface area (Å²) in [5.74, 6) is 0.684. The van der Waals surface area contributed by atoms with Crippen molar-refractivity contribution in [1.29, 1.82) is 0 Å². The van der Waals surface area contributed by atoms with Crippen molar-refractivity contribution in [2.24, 2.45) is 0 Å². The number of benzene rings is 1. The van der Waals surface area contributed by atoms with Gasteiger partial charge in [-0.1, -0.05) is 18.2 Å². The summed E-state index contributed by atoms with van der Waals surface area (Å²) in [6.45, 7) is 3.77. The van der Waals surface area contributed by atoms with Gasteiger partial charge >= 0.3 is 0 Å². The van der Waals surface area contributed by atoms with Crippen molar-refractivity contribution >= 4 is 11.8 Å². The number of nitrogens with zero attached hydrogens (tertiary/aromatic N) is 3. The number of aryl methyl sites for hydroxylation is 1. The number of rotatable bonds is 3. The summed E-state index contributed by atoms with van der Waals surface area (Å²) in [6.07, 6.45) is 0. The smallest absolute Gasteiger partial charge is 0.222 e. The minimum absolute atomic E-state index is 0.144. The van der Waals surface area contributed by atoms with Crippen LogP contribution in [0.3, 0.4) is 0 Å². The maximum absolute atomic E-state index is 13.8. The molecule has 4 nitrogen and oxygen atoms in total. The number of nitrogen functional groups attached to an aromatic ring is 1. The first kappa shape index (κ1) is 13.3. The molecule has 2 rings (SSSR count). The lowest BCUT2D eigenvalue weighted by molar-refractivity contribution is 0.584. The van der Waals surface area contributed by atoms with Crippen LogP contribution in [0.2, 0.25) is 0 Å². The SMILES string of the molecule is Cc1cc(N(C)C(C)c2ccccc2F)nc(N)n1. The fraction of sp³-hybridized carbons (Fsp3) is 0.286. The molecule has 0 aliphatic heterocycles. The molecular weight excluding hydrogens is 243 g/mol. The number of hydrogen-bond donors (Lipinski definition) is 1. The second-order valence-corrected chi connectivity index (χ2v) is 4.53. The molecule has 1 aromatic carbocycles. The van der Waals surface area contributed by atoms with Gasteiger partial charge in [0.15, 0.2) is 0 Å². The molecule has 5 heteroatoms. The number of anilines is 2. The van der Waals surface area contributed by atoms with Crippen molar-refractivity contribution in [2.75, 3.05) is 17.7 Å². The second-order valence-electron chi connectivity index (χ2n) is 4.53. The van der Waals surface area contributed by atoms with Crippen LogP contribution in [0.1, 0.15) is 24.2 Å². The van der Waals surface area contributed by atoms with Crippen molar-refractivity contribution in [3.8, 4) is 0 Å². The van der Waals surface area contributed by atoms with Crippen molar-refractivity contribution in [1.82, 2.24) is 9.97 Å². The molecule has 0 aliphatic carbocycles. The van der Waals surface area contributed by atoms with Gasteiger partial charge in [0.25, 0.3) is 0 Å². The molecule has 0 aliphatic rings. The summed E-state index contributed by atoms with van der Waals surface area (Å²) in [7, 11) is 1.86. The van der Waals surface area contributed by atoms with E-state index in [1.807, 2.05) is 37.9 Å². The Morgan fingerprint density at radius 2 is 1.95 bits per heavy atom. The maximum atomic E-state index is 13.8. The van der Waals surface area contributed by atoms with Crippen molar-refractivity contribution in [2.45, 2.75) is 19.9 Å². The van der Waals surface area contributed by atoms with E-state index in [2.05, 4.69) is 9.97 Å². The van der Waals surface area contributed by atoms with Gasteiger partial charge in [0, 0.05) is 24.4 Å². The molecule has 19 heavy (non-hydrogen) atoms. The molecule has 1 atom stereocenters. The monoisotopic (exact) mass is 260 g/mol. The third-order valence-corrected chi connectivity index (χ3v) is 3.16. The molecule has 0 amide bonds. The molecule has 0 saturated heterocycles. The van der Waals surface area contributed by atoms with Gasteiger partial charge in [-0.05, 0) is 19.9 Å². The fourth-order valence-corrected chi connectivity index (χ4v) is 1.98. The zero-order chi connectivity index (χ0) is 14.0. The zero-order valence-corrected chi connectivity index (χ0v) is 11.3. The summed E-state index contributed by atoms with van der Waals surface area (Å²) >= 11 is 0. The lowest BCUT2D eigenvalue weighted by Crippen LogP contribution is -2.24. The number of halogens is 1. The molecule has 1 heterocycles. The van der Waals surface area contributed by atoms with Crippen molar-refractivity contribution < 1.29 is 4.39 Å². The van der Waals surface area contributed by atoms with Gasteiger partial charge in [0.1, 0.15) is 11.6 Å². The quantitative estimate of drug-likeness (QED) is 0.922. The van der Waals surface area contributed by atoms with Crippen LogP contribution in [-0.4, -0.2) is 17.0 Å². The van der Waals surface area contributed by atoms with E-state index in [-0.39, 0.29) is 17.8 Å². The normalized spacial score (nSPS) is 12.2. The predicted octanol–water partition coefficient (Wildman–Crippen LogP) is 2.70. The molecule has 1 aromatic heterocycles. The van der Waals surface area contributed by atoms with Crippen molar-refractivity contribution in [3.63, 3.8) is 0 Å². The largest absolute Gasteiger partial charge is 0.368 e. The molecule has 1 unspecified atom stereocenters. The molecule has 0 radical (unpaired) electrons. The lowest BCUT2D eigenvalue weighted by atomic mass is 10.1. The molecule has 0 saturated carbocycles. The molecule has 0 fully saturated rings. The van der Waals surface area contributed by atoms with E-state index in [0.29, 0.717) is 11.4 Å². The van der Waals surface area contributed by atoms with E-state index in [1.54, 1.807) is 12.1 Å². The Balaban J connectivity index is 2.33. The Morgan fingerprint density at radius 3 is 2.58 bits per heavy atom. The molecule has 0 bridgehead atoms. The zero-order valence-electron chi connectivity index (χ0n) is 11.3. The van der Waals surface area contributed by atoms with Crippen LogP contribution in [-0.2, 0) is 0 Å². The number of aromatic nitrogens is 2. The summed E-state index contributed by atoms with van der Waals surface area (Å²) < 4.78 is 13.8. The van der Waals surface area contributed by atoms with Gasteiger partial charge in [0.2, 0.25) is 5.95 Å². The topological polar surface area (TPSA) is 55.0 Å². The van der Waals surface area contributed by atoms with Crippen molar-refractivity contribution in [3.05, 3.63) is 47.4 Å². The van der Waals surface area contributed by atoms with Crippen LogP contribution in [0.15, 0.2) is 30.3 Å². The molecule has 100 valence electrons. The van der Waals surface area contributed by atoms with Gasteiger partial charge < -0.3 is 10.6 Å². The summed E-state index contributed by atoms with van der Waals surface area (Å²) in [5, 5.41) is 0. The van der Waals surface area contributed by atoms with Gasteiger partial charge in [-0.15, -0.1) is 0 Å². The van der Waals surface area contributed by atoms with Crippen LogP contribution in [0.25, 0.3) is 0 Å². The van der Waals surface area contributed by atoms with Gasteiger partial charge in [-0.3, -0.25) is 0 Å². The Hall–Kier alpha value is -2.17. The average Bonchev–Trinajstić information content (AvgIpc) is 2.36. The van der Waals surface area contributed by atoms with E-state index < -0.39 is 0 Å². The highest BCUT2D eigenvalue weighted by atomic mass is 19.1. The van der Waals surface area contributed by atoms with Gasteiger partial charge in [-0.2, -0.15) is 4.98 Å². The van der Waals surface area contributed by atoms with Gasteiger partial charge in [0.05, 0.1) is 6.04 Å². The Bertz CT molecular complexity index is 565. The highest BCUT2D eigenvalue weighted by molar-refractivity contribution is 5.45. The highest BCUT2D eigenvalue weighted by Gasteiger charge is 2.17. The first-order chi connectivity index (χ1) is 8.99. The van der Waals surface area contributed by atoms with E-state index >= 15 is 0 Å². The minimum Gasteiger partial charge on any atom is -0.368 e. The van der Waals surface area contributed by atoms with E-state index in [0.717, 1.165) is 5.69 Å². The second kappa shape index (κ2) is 5.22. The van der Waals surface area contributed by atoms with Crippen LogP contribution in [0.4, 0.5) is 16.2 Å². The lowest BCUT2D eigenvalue weighted by Gasteiger charge is -2.26. The first-order valence-corrected chi connectivity index (χ1v) is 6.07. The van der Waals surface area contributed by atoms with Crippen LogP contribution in [0, 0.1) is 12.7 Å². The van der Waals surface area contributed by atoms with E-state index in [1.165, 1.54) is 6.07 Å². The fourth-order valence-electron chi connectivity index (χ4n) is 1.98. The number of nitrogens with two attached hydrogens (primary N) is 1. The Kier molecular flexibility index (Phi) is 3.64. The summed E-state index contributed by atoms with van der Waals surface area (Å²) in [5.41, 5.74) is 7.05. The van der Waals surface area contributed by atoms with Crippen LogP contribution in [0.5, 0.6) is 0 Å². The van der Waals surface area contributed by atoms with E-state index in [9.17, 15) is 4.39 Å². The summed E-state index contributed by atoms with van der Waals surface area (Å²) in [4.78, 5) is 10.1. The molecular formula is C14H17FN4. The standard InChI is InChI=1S/C14H17FN4/c1-9-8-13(18-14(16)17-9)19(3)10(2)11-6-4-5-7-12(11)15/h4-8,10H,1-3H3,(H2,16,17,18). The minimum atomic E-state index is -0.222. The average molecular weight is 260 g/mol. The maximum Gasteiger partial charge on any atom is 0.222 e. The highest BCUT2D eigenvalue weighted by Crippen LogP contribution is 2.26. The third-order valence-electron chi connectivity index (χ3n) is 3.16. The number of hydrogen-bond acceptors (Lipinski definition) is 4. The predicted molar refractivity (Wildman–Crippen MR) is 74.4 cm³/mol. The van der Waals surface area contributed by atoms with Crippen LogP contribution >= 0.6 is 0 Å². The van der Waals surface area contributed by atoms with E-state index in [4.69, 9.17) is 5.73 Å². The molecule has 0 spiro atoms. The Morgan fingerprint density at radius 1 is 1.26 bits per heavy atom. The Labute approximate surface area is 112 Å². The molecule has 2 N–H and O–H groups in total. The summed E-state index contributed by atoms with van der Waals surface area (Å²) in [6, 6.07) is 8.41. The third kappa shape index (κ3) is 2.81.